The van der Waals surface area contributed by atoms with E-state index in [1.165, 1.54) is 17.8 Å². The number of carbonyl (C=O) groups excluding carboxylic acids is 2. The van der Waals surface area contributed by atoms with E-state index in [0.717, 1.165) is 5.56 Å². The van der Waals surface area contributed by atoms with Gasteiger partial charge in [0.25, 0.3) is 0 Å². The molecule has 0 aliphatic heterocycles. The highest BCUT2D eigenvalue weighted by molar-refractivity contribution is 7.99. The number of carbonyl (C=O) groups is 2. The molecule has 0 heterocycles. The van der Waals surface area contributed by atoms with E-state index in [1.54, 1.807) is 41.3 Å². The molecule has 174 valence electrons. The van der Waals surface area contributed by atoms with Gasteiger partial charge in [0.2, 0.25) is 11.8 Å². The molecular weight excluding hydrogens is 470 g/mol. The van der Waals surface area contributed by atoms with Gasteiger partial charge in [0.1, 0.15) is 11.9 Å². The third kappa shape index (κ3) is 7.98. The van der Waals surface area contributed by atoms with Crippen molar-refractivity contribution < 1.29 is 14.0 Å². The zero-order chi connectivity index (χ0) is 23.7. The van der Waals surface area contributed by atoms with Gasteiger partial charge >= 0.3 is 0 Å². The molecule has 32 heavy (non-hydrogen) atoms. The molecule has 1 N–H and O–H groups in total. The van der Waals surface area contributed by atoms with Crippen molar-refractivity contribution in [2.24, 2.45) is 5.92 Å². The predicted molar refractivity (Wildman–Crippen MR) is 132 cm³/mol. The van der Waals surface area contributed by atoms with E-state index < -0.39 is 6.04 Å². The van der Waals surface area contributed by atoms with Crippen molar-refractivity contribution in [1.29, 1.82) is 0 Å². The first-order valence-electron chi connectivity index (χ1n) is 10.5. The Morgan fingerprint density at radius 2 is 1.84 bits per heavy atom. The van der Waals surface area contributed by atoms with Gasteiger partial charge in [-0.1, -0.05) is 68.2 Å². The van der Waals surface area contributed by atoms with Crippen LogP contribution in [0.2, 0.25) is 10.0 Å². The smallest absolute Gasteiger partial charge is 0.242 e. The largest absolute Gasteiger partial charge is 0.354 e. The topological polar surface area (TPSA) is 49.4 Å². The summed E-state index contributed by atoms with van der Waals surface area (Å²) in [5.41, 5.74) is 1.32. The van der Waals surface area contributed by atoms with Crippen molar-refractivity contribution in [2.75, 3.05) is 12.3 Å². The van der Waals surface area contributed by atoms with E-state index >= 15 is 0 Å². The lowest BCUT2D eigenvalue weighted by molar-refractivity contribution is -0.139. The van der Waals surface area contributed by atoms with Crippen LogP contribution in [0.25, 0.3) is 0 Å². The van der Waals surface area contributed by atoms with Crippen molar-refractivity contribution in [3.05, 3.63) is 69.5 Å². The van der Waals surface area contributed by atoms with Crippen molar-refractivity contribution in [1.82, 2.24) is 10.2 Å². The second kappa shape index (κ2) is 13.1. The average molecular weight is 499 g/mol. The Morgan fingerprint density at radius 1 is 1.12 bits per heavy atom. The Kier molecular flexibility index (Phi) is 10.8. The predicted octanol–water partition coefficient (Wildman–Crippen LogP) is 5.95. The lowest BCUT2D eigenvalue weighted by Crippen LogP contribution is -2.50. The van der Waals surface area contributed by atoms with Crippen molar-refractivity contribution in [3.8, 4) is 0 Å². The van der Waals surface area contributed by atoms with Crippen LogP contribution in [0.3, 0.4) is 0 Å². The first kappa shape index (κ1) is 26.5. The summed E-state index contributed by atoms with van der Waals surface area (Å²) in [7, 11) is 0. The van der Waals surface area contributed by atoms with E-state index in [1.807, 2.05) is 20.8 Å². The first-order valence-corrected chi connectivity index (χ1v) is 12.5. The fraction of sp³-hybridized carbons (Fsp3) is 0.417. The first-order chi connectivity index (χ1) is 15.2. The standard InChI is InChI=1S/C24H29Cl2FN2O2S/c1-4-22(24(31)28-12-16(2)3)29(13-17-9-10-19(25)20(26)11-17)23(30)15-32-14-18-7-5-6-8-21(18)27/h5-11,16,22H,4,12-15H2,1-3H3,(H,28,31)/t22-/m0/s1. The summed E-state index contributed by atoms with van der Waals surface area (Å²) in [6.45, 7) is 6.66. The molecule has 0 radical (unpaired) electrons. The number of nitrogens with zero attached hydrogens (tertiary/aromatic N) is 1. The Labute approximate surface area is 203 Å². The molecule has 0 spiro atoms. The number of rotatable bonds is 11. The van der Waals surface area contributed by atoms with Crippen LogP contribution in [0.4, 0.5) is 4.39 Å². The molecule has 0 fully saturated rings. The van der Waals surface area contributed by atoms with Gasteiger partial charge in [-0.15, -0.1) is 11.8 Å². The van der Waals surface area contributed by atoms with Crippen LogP contribution < -0.4 is 5.32 Å². The molecule has 0 saturated heterocycles. The van der Waals surface area contributed by atoms with Crippen LogP contribution in [-0.4, -0.2) is 35.1 Å². The van der Waals surface area contributed by atoms with Gasteiger partial charge in [-0.3, -0.25) is 9.59 Å². The number of benzene rings is 2. The molecule has 2 amide bonds. The monoisotopic (exact) mass is 498 g/mol. The molecule has 8 heteroatoms. The van der Waals surface area contributed by atoms with Crippen molar-refractivity contribution in [3.63, 3.8) is 0 Å². The third-order valence-electron chi connectivity index (χ3n) is 4.85. The third-order valence-corrected chi connectivity index (χ3v) is 6.55. The minimum Gasteiger partial charge on any atom is -0.354 e. The van der Waals surface area contributed by atoms with Crippen LogP contribution in [0.1, 0.15) is 38.3 Å². The number of hydrogen-bond acceptors (Lipinski definition) is 3. The maximum absolute atomic E-state index is 13.9. The molecular formula is C24H29Cl2FN2O2S. The van der Waals surface area contributed by atoms with Crippen LogP contribution in [0.5, 0.6) is 0 Å². The zero-order valence-corrected chi connectivity index (χ0v) is 20.9. The lowest BCUT2D eigenvalue weighted by Gasteiger charge is -2.31. The molecule has 0 aliphatic carbocycles. The molecule has 4 nitrogen and oxygen atoms in total. The van der Waals surface area contributed by atoms with Gasteiger partial charge < -0.3 is 10.2 Å². The van der Waals surface area contributed by atoms with Crippen LogP contribution in [0, 0.1) is 11.7 Å². The van der Waals surface area contributed by atoms with Gasteiger partial charge in [0, 0.05) is 18.8 Å². The van der Waals surface area contributed by atoms with E-state index in [0.29, 0.717) is 40.2 Å². The van der Waals surface area contributed by atoms with Crippen LogP contribution in [-0.2, 0) is 21.9 Å². The van der Waals surface area contributed by atoms with Crippen molar-refractivity contribution >= 4 is 46.8 Å². The highest BCUT2D eigenvalue weighted by Crippen LogP contribution is 2.25. The van der Waals surface area contributed by atoms with Crippen molar-refractivity contribution in [2.45, 2.75) is 45.5 Å². The van der Waals surface area contributed by atoms with Gasteiger partial charge in [-0.05, 0) is 41.7 Å². The fourth-order valence-corrected chi connectivity index (χ4v) is 4.34. The molecule has 1 atom stereocenters. The van der Waals surface area contributed by atoms with Gasteiger partial charge in [-0.25, -0.2) is 4.39 Å². The summed E-state index contributed by atoms with van der Waals surface area (Å²) in [5, 5.41) is 3.75. The van der Waals surface area contributed by atoms with E-state index in [4.69, 9.17) is 23.2 Å². The number of hydrogen-bond donors (Lipinski definition) is 1. The van der Waals surface area contributed by atoms with Crippen LogP contribution >= 0.6 is 35.0 Å². The van der Waals surface area contributed by atoms with E-state index in [2.05, 4.69) is 5.32 Å². The fourth-order valence-electron chi connectivity index (χ4n) is 3.12. The minimum atomic E-state index is -0.621. The second-order valence-electron chi connectivity index (χ2n) is 7.92. The van der Waals surface area contributed by atoms with Crippen LogP contribution in [0.15, 0.2) is 42.5 Å². The maximum atomic E-state index is 13.9. The van der Waals surface area contributed by atoms with Gasteiger partial charge in [-0.2, -0.15) is 0 Å². The highest BCUT2D eigenvalue weighted by Gasteiger charge is 2.28. The molecule has 2 aromatic carbocycles. The molecule has 0 bridgehead atoms. The molecule has 0 aliphatic rings. The zero-order valence-electron chi connectivity index (χ0n) is 18.5. The summed E-state index contributed by atoms with van der Waals surface area (Å²) in [4.78, 5) is 27.6. The maximum Gasteiger partial charge on any atom is 0.242 e. The number of amides is 2. The Balaban J connectivity index is 2.16. The quantitative estimate of drug-likeness (QED) is 0.416. The average Bonchev–Trinajstić information content (AvgIpc) is 2.75. The Morgan fingerprint density at radius 3 is 2.47 bits per heavy atom. The number of nitrogens with one attached hydrogen (secondary N) is 1. The van der Waals surface area contributed by atoms with E-state index in [-0.39, 0.29) is 29.9 Å². The summed E-state index contributed by atoms with van der Waals surface area (Å²) in [6.07, 6.45) is 0.467. The molecule has 0 unspecified atom stereocenters. The SMILES string of the molecule is CC[C@@H](C(=O)NCC(C)C)N(Cc1ccc(Cl)c(Cl)c1)C(=O)CSCc1ccccc1F. The van der Waals surface area contributed by atoms with E-state index in [9.17, 15) is 14.0 Å². The summed E-state index contributed by atoms with van der Waals surface area (Å²) < 4.78 is 13.9. The molecule has 0 saturated carbocycles. The van der Waals surface area contributed by atoms with Gasteiger partial charge in [0.15, 0.2) is 0 Å². The summed E-state index contributed by atoms with van der Waals surface area (Å²) in [6, 6.07) is 11.1. The summed E-state index contributed by atoms with van der Waals surface area (Å²) in [5.74, 6) is 0.128. The Hall–Kier alpha value is -1.76. The second-order valence-corrected chi connectivity index (χ2v) is 9.72. The number of thioether (sulfide) groups is 1. The number of halogens is 3. The lowest BCUT2D eigenvalue weighted by atomic mass is 10.1. The molecule has 0 aromatic heterocycles. The molecule has 2 aromatic rings. The Bertz CT molecular complexity index is 927. The normalized spacial score (nSPS) is 12.0. The summed E-state index contributed by atoms with van der Waals surface area (Å²) >= 11 is 13.5. The highest BCUT2D eigenvalue weighted by atomic mass is 35.5. The molecule has 2 rings (SSSR count). The van der Waals surface area contributed by atoms with Gasteiger partial charge in [0.05, 0.1) is 15.8 Å². The minimum absolute atomic E-state index is 0.129.